The van der Waals surface area contributed by atoms with Gasteiger partial charge in [0.2, 0.25) is 0 Å². The Bertz CT molecular complexity index is 453. The molecule has 0 spiro atoms. The maximum atomic E-state index is 13.4. The molecule has 0 amide bonds. The van der Waals surface area contributed by atoms with Crippen LogP contribution in [0.2, 0.25) is 0 Å². The number of halogens is 1. The van der Waals surface area contributed by atoms with E-state index in [1.54, 1.807) is 24.3 Å². The highest BCUT2D eigenvalue weighted by Crippen LogP contribution is 2.21. The summed E-state index contributed by atoms with van der Waals surface area (Å²) in [6.07, 6.45) is 0.613. The standard InChI is InChI=1S/C11H11FN2O/c12-10-4-2-1-3-9(10)11-7-8(5-6-13)15-14-11/h1-4,7H,5-6,13H2. The summed E-state index contributed by atoms with van der Waals surface area (Å²) in [7, 11) is 0. The summed E-state index contributed by atoms with van der Waals surface area (Å²) in [6, 6.07) is 8.17. The van der Waals surface area contributed by atoms with Crippen molar-refractivity contribution in [3.8, 4) is 11.3 Å². The van der Waals surface area contributed by atoms with Crippen LogP contribution in [0.5, 0.6) is 0 Å². The summed E-state index contributed by atoms with van der Waals surface area (Å²) < 4.78 is 18.4. The van der Waals surface area contributed by atoms with Crippen molar-refractivity contribution < 1.29 is 8.91 Å². The van der Waals surface area contributed by atoms with Crippen molar-refractivity contribution in [1.29, 1.82) is 0 Å². The molecule has 0 unspecified atom stereocenters. The molecule has 0 fully saturated rings. The van der Waals surface area contributed by atoms with Crippen LogP contribution in [0.4, 0.5) is 4.39 Å². The van der Waals surface area contributed by atoms with Gasteiger partial charge >= 0.3 is 0 Å². The second kappa shape index (κ2) is 4.23. The second-order valence-corrected chi connectivity index (χ2v) is 3.20. The van der Waals surface area contributed by atoms with Gasteiger partial charge in [0.25, 0.3) is 0 Å². The molecule has 2 aromatic rings. The van der Waals surface area contributed by atoms with E-state index in [1.165, 1.54) is 6.07 Å². The number of nitrogens with zero attached hydrogens (tertiary/aromatic N) is 1. The molecule has 2 N–H and O–H groups in total. The lowest BCUT2D eigenvalue weighted by Crippen LogP contribution is -2.01. The topological polar surface area (TPSA) is 52.0 Å². The van der Waals surface area contributed by atoms with Crippen LogP contribution in [-0.4, -0.2) is 11.7 Å². The van der Waals surface area contributed by atoms with Gasteiger partial charge in [-0.3, -0.25) is 0 Å². The van der Waals surface area contributed by atoms with E-state index in [2.05, 4.69) is 5.16 Å². The predicted molar refractivity (Wildman–Crippen MR) is 54.7 cm³/mol. The van der Waals surface area contributed by atoms with Gasteiger partial charge < -0.3 is 10.3 Å². The SMILES string of the molecule is NCCc1cc(-c2ccccc2F)no1. The average molecular weight is 206 g/mol. The van der Waals surface area contributed by atoms with Crippen LogP contribution in [0.1, 0.15) is 5.76 Å². The van der Waals surface area contributed by atoms with E-state index in [9.17, 15) is 4.39 Å². The fourth-order valence-corrected chi connectivity index (χ4v) is 1.37. The third-order valence-electron chi connectivity index (χ3n) is 2.10. The molecule has 0 atom stereocenters. The summed E-state index contributed by atoms with van der Waals surface area (Å²) >= 11 is 0. The maximum absolute atomic E-state index is 13.4. The monoisotopic (exact) mass is 206 g/mol. The predicted octanol–water partition coefficient (Wildman–Crippen LogP) is 1.98. The van der Waals surface area contributed by atoms with Gasteiger partial charge in [-0.05, 0) is 18.7 Å². The molecule has 1 aromatic heterocycles. The van der Waals surface area contributed by atoms with E-state index in [4.69, 9.17) is 10.3 Å². The molecule has 0 bridgehead atoms. The van der Waals surface area contributed by atoms with E-state index in [0.717, 1.165) is 0 Å². The minimum atomic E-state index is -0.301. The number of hydrogen-bond donors (Lipinski definition) is 1. The van der Waals surface area contributed by atoms with Gasteiger partial charge in [-0.15, -0.1) is 0 Å². The van der Waals surface area contributed by atoms with Crippen molar-refractivity contribution in [2.75, 3.05) is 6.54 Å². The summed E-state index contributed by atoms with van der Waals surface area (Å²) in [4.78, 5) is 0. The van der Waals surface area contributed by atoms with Crippen LogP contribution in [-0.2, 0) is 6.42 Å². The Labute approximate surface area is 86.7 Å². The third-order valence-corrected chi connectivity index (χ3v) is 2.10. The lowest BCUT2D eigenvalue weighted by molar-refractivity contribution is 0.386. The minimum absolute atomic E-state index is 0.301. The Morgan fingerprint density at radius 2 is 2.13 bits per heavy atom. The molecular formula is C11H11FN2O. The lowest BCUT2D eigenvalue weighted by atomic mass is 10.1. The summed E-state index contributed by atoms with van der Waals surface area (Å²) in [5, 5.41) is 3.80. The highest BCUT2D eigenvalue weighted by molar-refractivity contribution is 5.59. The van der Waals surface area contributed by atoms with Crippen LogP contribution < -0.4 is 5.73 Å². The zero-order valence-corrected chi connectivity index (χ0v) is 8.11. The van der Waals surface area contributed by atoms with Crippen molar-refractivity contribution in [3.63, 3.8) is 0 Å². The number of rotatable bonds is 3. The molecule has 78 valence electrons. The van der Waals surface area contributed by atoms with Gasteiger partial charge in [-0.1, -0.05) is 17.3 Å². The lowest BCUT2D eigenvalue weighted by Gasteiger charge is -1.95. The Balaban J connectivity index is 2.33. The van der Waals surface area contributed by atoms with E-state index >= 15 is 0 Å². The van der Waals surface area contributed by atoms with Gasteiger partial charge in [-0.2, -0.15) is 0 Å². The third kappa shape index (κ3) is 2.05. The van der Waals surface area contributed by atoms with Crippen molar-refractivity contribution in [1.82, 2.24) is 5.16 Å². The Kier molecular flexibility index (Phi) is 2.78. The number of nitrogens with two attached hydrogens (primary N) is 1. The van der Waals surface area contributed by atoms with Gasteiger partial charge in [0.1, 0.15) is 17.3 Å². The molecular weight excluding hydrogens is 195 g/mol. The van der Waals surface area contributed by atoms with E-state index < -0.39 is 0 Å². The molecule has 0 saturated heterocycles. The molecule has 0 aliphatic rings. The van der Waals surface area contributed by atoms with Crippen molar-refractivity contribution in [3.05, 3.63) is 41.9 Å². The van der Waals surface area contributed by atoms with Crippen LogP contribution in [0, 0.1) is 5.82 Å². The smallest absolute Gasteiger partial charge is 0.138 e. The summed E-state index contributed by atoms with van der Waals surface area (Å²) in [5.41, 5.74) is 6.34. The van der Waals surface area contributed by atoms with E-state index in [0.29, 0.717) is 30.0 Å². The van der Waals surface area contributed by atoms with E-state index in [-0.39, 0.29) is 5.82 Å². The highest BCUT2D eigenvalue weighted by atomic mass is 19.1. The molecule has 2 rings (SSSR count). The van der Waals surface area contributed by atoms with Crippen LogP contribution in [0.15, 0.2) is 34.9 Å². The van der Waals surface area contributed by atoms with Crippen LogP contribution in [0.3, 0.4) is 0 Å². The molecule has 3 nitrogen and oxygen atoms in total. The summed E-state index contributed by atoms with van der Waals surface area (Å²) in [6.45, 7) is 0.492. The van der Waals surface area contributed by atoms with Gasteiger partial charge in [-0.25, -0.2) is 4.39 Å². The molecule has 1 aromatic carbocycles. The van der Waals surface area contributed by atoms with Crippen LogP contribution in [0.25, 0.3) is 11.3 Å². The minimum Gasteiger partial charge on any atom is -0.361 e. The van der Waals surface area contributed by atoms with Gasteiger partial charge in [0.15, 0.2) is 0 Å². The first-order valence-corrected chi connectivity index (χ1v) is 4.72. The fourth-order valence-electron chi connectivity index (χ4n) is 1.37. The molecule has 0 aliphatic carbocycles. The van der Waals surface area contributed by atoms with Crippen molar-refractivity contribution in [2.45, 2.75) is 6.42 Å². The normalized spacial score (nSPS) is 10.5. The van der Waals surface area contributed by atoms with Gasteiger partial charge in [0, 0.05) is 18.1 Å². The van der Waals surface area contributed by atoms with Crippen LogP contribution >= 0.6 is 0 Å². The van der Waals surface area contributed by atoms with Gasteiger partial charge in [0.05, 0.1) is 0 Å². The molecule has 1 heterocycles. The maximum Gasteiger partial charge on any atom is 0.138 e. The summed E-state index contributed by atoms with van der Waals surface area (Å²) in [5.74, 6) is 0.376. The number of hydrogen-bond acceptors (Lipinski definition) is 3. The van der Waals surface area contributed by atoms with Crippen molar-refractivity contribution >= 4 is 0 Å². The Morgan fingerprint density at radius 1 is 1.33 bits per heavy atom. The molecule has 15 heavy (non-hydrogen) atoms. The molecule has 0 radical (unpaired) electrons. The largest absolute Gasteiger partial charge is 0.361 e. The number of benzene rings is 1. The first-order valence-electron chi connectivity index (χ1n) is 4.72. The highest BCUT2D eigenvalue weighted by Gasteiger charge is 2.09. The zero-order valence-electron chi connectivity index (χ0n) is 8.11. The Morgan fingerprint density at radius 3 is 2.87 bits per heavy atom. The first kappa shape index (κ1) is 9.86. The second-order valence-electron chi connectivity index (χ2n) is 3.20. The molecule has 4 heteroatoms. The van der Waals surface area contributed by atoms with Crippen molar-refractivity contribution in [2.24, 2.45) is 5.73 Å². The van der Waals surface area contributed by atoms with E-state index in [1.807, 2.05) is 0 Å². The molecule has 0 saturated carbocycles. The fraction of sp³-hybridized carbons (Fsp3) is 0.182. The Hall–Kier alpha value is -1.68. The first-order chi connectivity index (χ1) is 7.31. The molecule has 0 aliphatic heterocycles. The average Bonchev–Trinajstić information content (AvgIpc) is 2.68. The quantitative estimate of drug-likeness (QED) is 0.835. The number of aromatic nitrogens is 1. The zero-order chi connectivity index (χ0) is 10.7.